The Kier molecular flexibility index (Phi) is 50.3. The van der Waals surface area contributed by atoms with Crippen molar-refractivity contribution >= 4 is 11.9 Å². The summed E-state index contributed by atoms with van der Waals surface area (Å²) >= 11 is 0. The molecule has 0 aliphatic carbocycles. The minimum absolute atomic E-state index is 0.00874. The van der Waals surface area contributed by atoms with Crippen LogP contribution in [0.1, 0.15) is 116 Å². The first-order valence-corrected chi connectivity index (χ1v) is 22.5. The van der Waals surface area contributed by atoms with Crippen LogP contribution in [0.4, 0.5) is 0 Å². The lowest BCUT2D eigenvalue weighted by Gasteiger charge is -2.09. The molecule has 0 aliphatic heterocycles. The molecule has 0 aromatic carbocycles. The van der Waals surface area contributed by atoms with Gasteiger partial charge < -0.3 is 62.5 Å². The number of unbranched alkanes of at least 4 members (excludes halogenated alkanes) is 13. The quantitative estimate of drug-likeness (QED) is 0.0683. The van der Waals surface area contributed by atoms with Gasteiger partial charge in [0.1, 0.15) is 0 Å². The number of rotatable bonds is 52. The summed E-state index contributed by atoms with van der Waals surface area (Å²) in [7, 11) is 0. The molecule has 1 amide bonds. The minimum atomic E-state index is -0.981. The molecule has 0 bridgehead atoms. The fraction of sp³-hybridized carbons (Fsp3) is 0.953. The minimum Gasteiger partial charge on any atom is -0.481 e. The maximum absolute atomic E-state index is 11.4. The van der Waals surface area contributed by atoms with Gasteiger partial charge in [-0.2, -0.15) is 0 Å². The third-order valence-corrected chi connectivity index (χ3v) is 8.72. The molecule has 0 aliphatic rings. The average Bonchev–Trinajstić information content (AvgIpc) is 3.22. The van der Waals surface area contributed by atoms with Crippen molar-refractivity contribution in [3.05, 3.63) is 0 Å². The molecule has 15 nitrogen and oxygen atoms in total. The van der Waals surface area contributed by atoms with E-state index in [1.807, 2.05) is 0 Å². The first-order chi connectivity index (χ1) is 28.7. The molecule has 0 saturated carbocycles. The molecule has 0 aromatic heterocycles. The molecule has 2 N–H and O–H groups in total. The normalized spacial score (nSPS) is 11.5. The second kappa shape index (κ2) is 51.6. The van der Waals surface area contributed by atoms with Crippen molar-refractivity contribution in [2.24, 2.45) is 0 Å². The van der Waals surface area contributed by atoms with Crippen LogP contribution in [0.2, 0.25) is 0 Å². The Morgan fingerprint density at radius 3 is 0.845 bits per heavy atom. The number of hydrogen-bond donors (Lipinski definition) is 2. The van der Waals surface area contributed by atoms with E-state index in [0.717, 1.165) is 13.0 Å². The molecule has 346 valence electrons. The Morgan fingerprint density at radius 2 is 0.569 bits per heavy atom. The molecule has 0 heterocycles. The predicted octanol–water partition coefficient (Wildman–Crippen LogP) is 6.02. The number of aliphatic carboxylic acids is 1. The van der Waals surface area contributed by atoms with E-state index < -0.39 is 5.97 Å². The van der Waals surface area contributed by atoms with Gasteiger partial charge in [0.2, 0.25) is 5.91 Å². The van der Waals surface area contributed by atoms with Gasteiger partial charge in [0.15, 0.2) is 0 Å². The molecule has 58 heavy (non-hydrogen) atoms. The molecule has 15 heteroatoms. The summed E-state index contributed by atoms with van der Waals surface area (Å²) in [6, 6.07) is 0. The summed E-state index contributed by atoms with van der Waals surface area (Å²) in [6.45, 7) is 14.3. The fourth-order valence-corrected chi connectivity index (χ4v) is 5.41. The smallest absolute Gasteiger partial charge is 0.303 e. The monoisotopic (exact) mass is 840 g/mol. The van der Waals surface area contributed by atoms with Crippen LogP contribution in [0.25, 0.3) is 0 Å². The molecular formula is C43H85NO14. The van der Waals surface area contributed by atoms with Gasteiger partial charge in [-0.15, -0.1) is 0 Å². The topological polar surface area (TPSA) is 168 Å². The van der Waals surface area contributed by atoms with Crippen LogP contribution in [0.3, 0.4) is 0 Å². The standard InChI is InChI=1S/C43H85NO14/c1-2-3-4-5-6-7-8-9-10-11-12-13-14-15-20-48-22-24-50-26-28-52-30-32-54-34-36-56-38-40-58-41-39-57-37-35-55-33-31-53-29-27-51-25-23-49-21-16-19-44-42(45)17-18-43(46)47/h2-41H2,1H3,(H,44,45)(H,46,47). The van der Waals surface area contributed by atoms with Crippen LogP contribution in [0.15, 0.2) is 0 Å². The number of ether oxygens (including phenoxy) is 11. The number of carboxylic acids is 1. The van der Waals surface area contributed by atoms with E-state index in [0.29, 0.717) is 152 Å². The second-order valence-electron chi connectivity index (χ2n) is 13.9. The summed E-state index contributed by atoms with van der Waals surface area (Å²) in [6.07, 6.45) is 19.7. The summed E-state index contributed by atoms with van der Waals surface area (Å²) in [5.41, 5.74) is 0. The largest absolute Gasteiger partial charge is 0.481 e. The summed E-state index contributed by atoms with van der Waals surface area (Å²) in [4.78, 5) is 21.8. The molecule has 0 unspecified atom stereocenters. The highest BCUT2D eigenvalue weighted by Crippen LogP contribution is 2.13. The van der Waals surface area contributed by atoms with E-state index in [-0.39, 0.29) is 18.7 Å². The van der Waals surface area contributed by atoms with Crippen LogP contribution in [0, 0.1) is 0 Å². The zero-order chi connectivity index (χ0) is 41.9. The Hall–Kier alpha value is -1.50. The first kappa shape index (κ1) is 56.5. The van der Waals surface area contributed by atoms with Crippen molar-refractivity contribution in [1.82, 2.24) is 5.32 Å². The lowest BCUT2D eigenvalue weighted by atomic mass is 10.0. The second-order valence-corrected chi connectivity index (χ2v) is 13.9. The number of carbonyl (C=O) groups excluding carboxylic acids is 1. The predicted molar refractivity (Wildman–Crippen MR) is 224 cm³/mol. The zero-order valence-electron chi connectivity index (χ0n) is 36.5. The van der Waals surface area contributed by atoms with Crippen molar-refractivity contribution in [3.8, 4) is 0 Å². The van der Waals surface area contributed by atoms with Gasteiger partial charge in [0, 0.05) is 26.2 Å². The lowest BCUT2D eigenvalue weighted by molar-refractivity contribution is -0.138. The summed E-state index contributed by atoms with van der Waals surface area (Å²) in [5, 5.41) is 11.2. The van der Waals surface area contributed by atoms with Gasteiger partial charge in [-0.05, 0) is 12.8 Å². The first-order valence-electron chi connectivity index (χ1n) is 22.5. The molecule has 0 rings (SSSR count). The van der Waals surface area contributed by atoms with Gasteiger partial charge in [0.05, 0.1) is 139 Å². The van der Waals surface area contributed by atoms with Crippen LogP contribution in [0.5, 0.6) is 0 Å². The summed E-state index contributed by atoms with van der Waals surface area (Å²) < 4.78 is 60.6. The van der Waals surface area contributed by atoms with Crippen LogP contribution in [-0.2, 0) is 61.7 Å². The Labute approximate surface area is 351 Å². The van der Waals surface area contributed by atoms with Crippen molar-refractivity contribution in [2.75, 3.05) is 152 Å². The highest BCUT2D eigenvalue weighted by atomic mass is 16.6. The number of nitrogens with one attached hydrogen (secondary N) is 1. The molecule has 0 radical (unpaired) electrons. The van der Waals surface area contributed by atoms with E-state index >= 15 is 0 Å². The van der Waals surface area contributed by atoms with Crippen molar-refractivity contribution in [1.29, 1.82) is 0 Å². The van der Waals surface area contributed by atoms with Crippen molar-refractivity contribution in [3.63, 3.8) is 0 Å². The van der Waals surface area contributed by atoms with Gasteiger partial charge in [0.25, 0.3) is 0 Å². The van der Waals surface area contributed by atoms with Crippen LogP contribution >= 0.6 is 0 Å². The number of carbonyl (C=O) groups is 2. The Balaban J connectivity index is 3.08. The highest BCUT2D eigenvalue weighted by molar-refractivity contribution is 5.80. The molecule has 0 atom stereocenters. The van der Waals surface area contributed by atoms with E-state index in [4.69, 9.17) is 57.2 Å². The Bertz CT molecular complexity index is 813. The summed E-state index contributed by atoms with van der Waals surface area (Å²) in [5.74, 6) is -1.25. The van der Waals surface area contributed by atoms with E-state index in [9.17, 15) is 9.59 Å². The maximum atomic E-state index is 11.4. The lowest BCUT2D eigenvalue weighted by Crippen LogP contribution is -2.25. The average molecular weight is 840 g/mol. The van der Waals surface area contributed by atoms with Gasteiger partial charge in [-0.3, -0.25) is 9.59 Å². The van der Waals surface area contributed by atoms with E-state index in [2.05, 4.69) is 12.2 Å². The zero-order valence-corrected chi connectivity index (χ0v) is 36.5. The van der Waals surface area contributed by atoms with Crippen LogP contribution < -0.4 is 5.32 Å². The molecule has 0 spiro atoms. The van der Waals surface area contributed by atoms with Crippen molar-refractivity contribution < 1.29 is 66.8 Å². The molecule has 0 fully saturated rings. The van der Waals surface area contributed by atoms with Gasteiger partial charge >= 0.3 is 5.97 Å². The molecule has 0 aromatic rings. The Morgan fingerprint density at radius 1 is 0.328 bits per heavy atom. The van der Waals surface area contributed by atoms with E-state index in [1.165, 1.54) is 83.5 Å². The molecule has 0 saturated heterocycles. The SMILES string of the molecule is CCCCCCCCCCCCCCCCOCCOCCOCCOCCOCCOCCOCCOCCOCCOCCOCCCNC(=O)CCC(=O)O. The number of carboxylic acid groups (broad SMARTS) is 1. The van der Waals surface area contributed by atoms with Gasteiger partial charge in [-0.25, -0.2) is 0 Å². The van der Waals surface area contributed by atoms with Crippen molar-refractivity contribution in [2.45, 2.75) is 116 Å². The van der Waals surface area contributed by atoms with Gasteiger partial charge in [-0.1, -0.05) is 90.4 Å². The third kappa shape index (κ3) is 52.5. The highest BCUT2D eigenvalue weighted by Gasteiger charge is 2.04. The van der Waals surface area contributed by atoms with Crippen LogP contribution in [-0.4, -0.2) is 169 Å². The van der Waals surface area contributed by atoms with E-state index in [1.54, 1.807) is 0 Å². The number of hydrogen-bond acceptors (Lipinski definition) is 13. The third-order valence-electron chi connectivity index (χ3n) is 8.72. The number of amides is 1. The fourth-order valence-electron chi connectivity index (χ4n) is 5.41. The molecular weight excluding hydrogens is 754 g/mol. The maximum Gasteiger partial charge on any atom is 0.303 e.